The minimum absolute atomic E-state index is 0.163. The van der Waals surface area contributed by atoms with Crippen LogP contribution in [0.3, 0.4) is 0 Å². The second kappa shape index (κ2) is 4.68. The summed E-state index contributed by atoms with van der Waals surface area (Å²) >= 11 is 5.88. The Bertz CT molecular complexity index is 801. The number of nitrogen functional groups attached to an aromatic ring is 1. The van der Waals surface area contributed by atoms with Crippen LogP contribution < -0.4 is 5.73 Å². The molecular weight excluding hydrogens is 284 g/mol. The molecule has 2 aromatic carbocycles. The van der Waals surface area contributed by atoms with Gasteiger partial charge in [0.05, 0.1) is 5.52 Å². The van der Waals surface area contributed by atoms with E-state index >= 15 is 0 Å². The third kappa shape index (κ3) is 2.28. The molecule has 0 amide bonds. The average molecular weight is 292 g/mol. The normalized spacial score (nSPS) is 10.9. The van der Waals surface area contributed by atoms with Crippen molar-refractivity contribution in [1.82, 2.24) is 9.97 Å². The van der Waals surface area contributed by atoms with Crippen LogP contribution in [0.15, 0.2) is 36.4 Å². The van der Waals surface area contributed by atoms with E-state index in [4.69, 9.17) is 17.3 Å². The predicted molar refractivity (Wildman–Crippen MR) is 74.3 cm³/mol. The number of anilines is 1. The van der Waals surface area contributed by atoms with Gasteiger partial charge in [0.1, 0.15) is 17.5 Å². The topological polar surface area (TPSA) is 51.8 Å². The monoisotopic (exact) mass is 291 g/mol. The maximum atomic E-state index is 13.2. The highest BCUT2D eigenvalue weighted by Gasteiger charge is 2.10. The largest absolute Gasteiger partial charge is 0.383 e. The summed E-state index contributed by atoms with van der Waals surface area (Å²) < 4.78 is 26.5. The Kier molecular flexibility index (Phi) is 2.99. The van der Waals surface area contributed by atoms with Gasteiger partial charge < -0.3 is 5.73 Å². The van der Waals surface area contributed by atoms with Crippen LogP contribution in [0.25, 0.3) is 22.3 Å². The van der Waals surface area contributed by atoms with E-state index in [1.165, 1.54) is 0 Å². The molecule has 0 bridgehead atoms. The van der Waals surface area contributed by atoms with Crippen LogP contribution in [0.5, 0.6) is 0 Å². The lowest BCUT2D eigenvalue weighted by Gasteiger charge is -2.06. The van der Waals surface area contributed by atoms with Gasteiger partial charge in [-0.05, 0) is 30.3 Å². The zero-order chi connectivity index (χ0) is 14.3. The van der Waals surface area contributed by atoms with Crippen LogP contribution in [0.4, 0.5) is 14.6 Å². The average Bonchev–Trinajstić information content (AvgIpc) is 2.38. The van der Waals surface area contributed by atoms with E-state index in [0.29, 0.717) is 15.9 Å². The highest BCUT2D eigenvalue weighted by molar-refractivity contribution is 6.31. The maximum Gasteiger partial charge on any atom is 0.162 e. The van der Waals surface area contributed by atoms with Gasteiger partial charge in [0, 0.05) is 22.0 Å². The lowest BCUT2D eigenvalue weighted by molar-refractivity contribution is 0.584. The number of hydrogen-bond acceptors (Lipinski definition) is 3. The Balaban J connectivity index is 2.24. The van der Waals surface area contributed by atoms with E-state index in [-0.39, 0.29) is 17.2 Å². The molecule has 2 N–H and O–H groups in total. The molecule has 0 atom stereocenters. The number of nitrogens with zero attached hydrogens (tertiary/aromatic N) is 2. The van der Waals surface area contributed by atoms with Gasteiger partial charge in [0.15, 0.2) is 5.82 Å². The quantitative estimate of drug-likeness (QED) is 0.742. The Labute approximate surface area is 118 Å². The van der Waals surface area contributed by atoms with Crippen molar-refractivity contribution in [3.05, 3.63) is 53.1 Å². The molecule has 0 radical (unpaired) electrons. The summed E-state index contributed by atoms with van der Waals surface area (Å²) in [6, 6.07) is 8.07. The van der Waals surface area contributed by atoms with Crippen molar-refractivity contribution >= 4 is 28.3 Å². The molecule has 6 heteroatoms. The van der Waals surface area contributed by atoms with Crippen LogP contribution in [0.1, 0.15) is 0 Å². The van der Waals surface area contributed by atoms with Gasteiger partial charge in [-0.1, -0.05) is 11.6 Å². The van der Waals surface area contributed by atoms with Crippen molar-refractivity contribution < 1.29 is 8.78 Å². The molecule has 3 rings (SSSR count). The van der Waals surface area contributed by atoms with E-state index in [0.717, 1.165) is 18.2 Å². The number of halogens is 3. The van der Waals surface area contributed by atoms with Crippen molar-refractivity contribution in [3.63, 3.8) is 0 Å². The summed E-state index contributed by atoms with van der Waals surface area (Å²) in [7, 11) is 0. The van der Waals surface area contributed by atoms with Gasteiger partial charge in [-0.25, -0.2) is 18.7 Å². The molecule has 1 heterocycles. The molecule has 100 valence electrons. The standard InChI is InChI=1S/C14H8ClF2N3/c15-8-1-2-12-11(5-8)13(18)20-14(19-12)7-3-9(16)6-10(17)4-7/h1-6H,(H2,18,19,20). The fraction of sp³-hybridized carbons (Fsp3) is 0. The molecular formula is C14H8ClF2N3. The molecule has 3 nitrogen and oxygen atoms in total. The second-order valence-electron chi connectivity index (χ2n) is 4.25. The highest BCUT2D eigenvalue weighted by atomic mass is 35.5. The van der Waals surface area contributed by atoms with Gasteiger partial charge >= 0.3 is 0 Å². The summed E-state index contributed by atoms with van der Waals surface area (Å²) in [5, 5.41) is 1.11. The maximum absolute atomic E-state index is 13.2. The van der Waals surface area contributed by atoms with E-state index in [1.54, 1.807) is 18.2 Å². The predicted octanol–water partition coefficient (Wildman–Crippen LogP) is 3.81. The summed E-state index contributed by atoms with van der Waals surface area (Å²) in [4.78, 5) is 8.32. The van der Waals surface area contributed by atoms with Crippen LogP contribution in [0, 0.1) is 11.6 Å². The Hall–Kier alpha value is -2.27. The lowest BCUT2D eigenvalue weighted by Crippen LogP contribution is -1.98. The number of hydrogen-bond donors (Lipinski definition) is 1. The summed E-state index contributed by atoms with van der Waals surface area (Å²) in [5.74, 6) is -1.02. The second-order valence-corrected chi connectivity index (χ2v) is 4.69. The van der Waals surface area contributed by atoms with Crippen molar-refractivity contribution in [3.8, 4) is 11.4 Å². The fourth-order valence-electron chi connectivity index (χ4n) is 1.94. The Morgan fingerprint density at radius 1 is 0.950 bits per heavy atom. The van der Waals surface area contributed by atoms with Crippen molar-refractivity contribution in [1.29, 1.82) is 0 Å². The van der Waals surface area contributed by atoms with Gasteiger partial charge in [-0.2, -0.15) is 0 Å². The molecule has 0 unspecified atom stereocenters. The fourth-order valence-corrected chi connectivity index (χ4v) is 2.11. The first-order valence-corrected chi connectivity index (χ1v) is 6.10. The highest BCUT2D eigenvalue weighted by Crippen LogP contribution is 2.26. The number of nitrogens with two attached hydrogens (primary N) is 1. The van der Waals surface area contributed by atoms with Crippen LogP contribution >= 0.6 is 11.6 Å². The summed E-state index contributed by atoms with van der Waals surface area (Å²) in [6.07, 6.45) is 0. The molecule has 20 heavy (non-hydrogen) atoms. The van der Waals surface area contributed by atoms with Crippen molar-refractivity contribution in [2.75, 3.05) is 5.73 Å². The lowest BCUT2D eigenvalue weighted by atomic mass is 10.1. The van der Waals surface area contributed by atoms with Crippen molar-refractivity contribution in [2.24, 2.45) is 0 Å². The molecule has 3 aromatic rings. The molecule has 0 aliphatic carbocycles. The zero-order valence-electron chi connectivity index (χ0n) is 10.1. The minimum Gasteiger partial charge on any atom is -0.383 e. The molecule has 0 saturated heterocycles. The van der Waals surface area contributed by atoms with E-state index in [2.05, 4.69) is 9.97 Å². The third-order valence-corrected chi connectivity index (χ3v) is 3.04. The van der Waals surface area contributed by atoms with Crippen molar-refractivity contribution in [2.45, 2.75) is 0 Å². The minimum atomic E-state index is -0.696. The first-order valence-electron chi connectivity index (χ1n) is 5.72. The Morgan fingerprint density at radius 2 is 1.65 bits per heavy atom. The molecule has 0 aliphatic heterocycles. The van der Waals surface area contributed by atoms with Gasteiger partial charge in [-0.15, -0.1) is 0 Å². The van der Waals surface area contributed by atoms with Crippen LogP contribution in [-0.2, 0) is 0 Å². The van der Waals surface area contributed by atoms with E-state index in [1.807, 2.05) is 0 Å². The van der Waals surface area contributed by atoms with Gasteiger partial charge in [0.25, 0.3) is 0 Å². The molecule has 0 fully saturated rings. The SMILES string of the molecule is Nc1nc(-c2cc(F)cc(F)c2)nc2ccc(Cl)cc12. The van der Waals surface area contributed by atoms with Crippen LogP contribution in [0.2, 0.25) is 5.02 Å². The number of benzene rings is 2. The first kappa shape index (κ1) is 12.7. The van der Waals surface area contributed by atoms with Gasteiger partial charge in [-0.3, -0.25) is 0 Å². The third-order valence-electron chi connectivity index (χ3n) is 2.81. The molecule has 1 aromatic heterocycles. The molecule has 0 spiro atoms. The Morgan fingerprint density at radius 3 is 2.35 bits per heavy atom. The smallest absolute Gasteiger partial charge is 0.162 e. The molecule has 0 saturated carbocycles. The number of aromatic nitrogens is 2. The first-order chi connectivity index (χ1) is 9.52. The van der Waals surface area contributed by atoms with Crippen LogP contribution in [-0.4, -0.2) is 9.97 Å². The molecule has 0 aliphatic rings. The van der Waals surface area contributed by atoms with E-state index < -0.39 is 11.6 Å². The van der Waals surface area contributed by atoms with Gasteiger partial charge in [0.2, 0.25) is 0 Å². The zero-order valence-corrected chi connectivity index (χ0v) is 10.8. The summed E-state index contributed by atoms with van der Waals surface area (Å²) in [6.45, 7) is 0. The summed E-state index contributed by atoms with van der Waals surface area (Å²) in [5.41, 5.74) is 6.63. The number of fused-ring (bicyclic) bond motifs is 1. The number of rotatable bonds is 1. The van der Waals surface area contributed by atoms with E-state index in [9.17, 15) is 8.78 Å².